The highest BCUT2D eigenvalue weighted by Crippen LogP contribution is 2.15. The third-order valence-electron chi connectivity index (χ3n) is 2.35. The van der Waals surface area contributed by atoms with Gasteiger partial charge in [0.1, 0.15) is 6.61 Å². The molecule has 72 valence electrons. The highest BCUT2D eigenvalue weighted by atomic mass is 16.2. The van der Waals surface area contributed by atoms with Crippen molar-refractivity contribution in [3.8, 4) is 11.8 Å². The molecule has 0 unspecified atom stereocenters. The number of carbonyl (C=O) groups excluding carboxylic acids is 1. The van der Waals surface area contributed by atoms with E-state index in [4.69, 9.17) is 5.11 Å². The molecule has 1 aliphatic rings. The first-order valence-electron chi connectivity index (χ1n) is 4.62. The number of aliphatic hydroxyl groups excluding tert-OH is 1. The van der Waals surface area contributed by atoms with Crippen molar-refractivity contribution in [1.29, 1.82) is 0 Å². The summed E-state index contributed by atoms with van der Waals surface area (Å²) in [5, 5.41) is 8.41. The normalized spacial score (nSPS) is 17.8. The van der Waals surface area contributed by atoms with E-state index in [9.17, 15) is 4.79 Å². The van der Waals surface area contributed by atoms with Crippen LogP contribution in [0.4, 0.5) is 0 Å². The molecule has 3 nitrogen and oxygen atoms in total. The largest absolute Gasteiger partial charge is 0.384 e. The van der Waals surface area contributed by atoms with Crippen LogP contribution in [0.2, 0.25) is 0 Å². The van der Waals surface area contributed by atoms with Gasteiger partial charge in [0.15, 0.2) is 0 Å². The Morgan fingerprint density at radius 3 is 2.69 bits per heavy atom. The molecule has 3 heteroatoms. The van der Waals surface area contributed by atoms with Crippen molar-refractivity contribution in [3.05, 3.63) is 0 Å². The second-order valence-electron chi connectivity index (χ2n) is 3.43. The molecule has 0 aromatic heterocycles. The van der Waals surface area contributed by atoms with Crippen molar-refractivity contribution in [1.82, 2.24) is 4.90 Å². The van der Waals surface area contributed by atoms with Crippen molar-refractivity contribution in [2.75, 3.05) is 19.7 Å². The van der Waals surface area contributed by atoms with Gasteiger partial charge in [0.2, 0.25) is 0 Å². The average Bonchev–Trinajstić information content (AvgIpc) is 2.15. The molecule has 1 rings (SSSR count). The Bertz CT molecular complexity index is 231. The lowest BCUT2D eigenvalue weighted by Gasteiger charge is -2.28. The van der Waals surface area contributed by atoms with Crippen LogP contribution in [0.5, 0.6) is 0 Å². The number of piperidine rings is 1. The van der Waals surface area contributed by atoms with Gasteiger partial charge in [-0.05, 0) is 24.7 Å². The minimum absolute atomic E-state index is 0.152. The Hall–Kier alpha value is -1.01. The summed E-state index contributed by atoms with van der Waals surface area (Å²) in [6.07, 6.45) is 2.12. The van der Waals surface area contributed by atoms with E-state index in [2.05, 4.69) is 18.8 Å². The van der Waals surface area contributed by atoms with Crippen LogP contribution >= 0.6 is 0 Å². The number of likely N-dealkylation sites (tertiary alicyclic amines) is 1. The molecule has 0 bridgehead atoms. The first-order valence-corrected chi connectivity index (χ1v) is 4.62. The summed E-state index contributed by atoms with van der Waals surface area (Å²) in [5.41, 5.74) is 0. The molecule has 1 fully saturated rings. The van der Waals surface area contributed by atoms with Crippen LogP contribution in [0, 0.1) is 17.8 Å². The van der Waals surface area contributed by atoms with Crippen molar-refractivity contribution >= 4 is 5.91 Å². The molecule has 1 amide bonds. The fraction of sp³-hybridized carbons (Fsp3) is 0.700. The molecule has 1 saturated heterocycles. The van der Waals surface area contributed by atoms with E-state index >= 15 is 0 Å². The summed E-state index contributed by atoms with van der Waals surface area (Å²) in [6, 6.07) is 0. The van der Waals surface area contributed by atoms with Crippen LogP contribution in [-0.4, -0.2) is 35.6 Å². The summed E-state index contributed by atoms with van der Waals surface area (Å²) in [4.78, 5) is 13.1. The van der Waals surface area contributed by atoms with Crippen LogP contribution in [0.1, 0.15) is 19.8 Å². The number of carbonyl (C=O) groups is 1. The van der Waals surface area contributed by atoms with Crippen molar-refractivity contribution in [2.45, 2.75) is 19.8 Å². The van der Waals surface area contributed by atoms with Gasteiger partial charge in [-0.25, -0.2) is 0 Å². The van der Waals surface area contributed by atoms with E-state index in [0.717, 1.165) is 31.8 Å². The molecule has 0 radical (unpaired) electrons. The molecule has 0 saturated carbocycles. The zero-order valence-corrected chi connectivity index (χ0v) is 7.92. The Morgan fingerprint density at radius 2 is 2.15 bits per heavy atom. The van der Waals surface area contributed by atoms with E-state index < -0.39 is 0 Å². The number of amides is 1. The summed E-state index contributed by atoms with van der Waals surface area (Å²) in [7, 11) is 0. The highest BCUT2D eigenvalue weighted by Gasteiger charge is 2.18. The van der Waals surface area contributed by atoms with Crippen LogP contribution in [0.3, 0.4) is 0 Å². The Labute approximate surface area is 78.7 Å². The summed E-state index contributed by atoms with van der Waals surface area (Å²) >= 11 is 0. The lowest BCUT2D eigenvalue weighted by molar-refractivity contribution is -0.126. The molecule has 0 aromatic carbocycles. The molecule has 1 heterocycles. The number of hydrogen-bond donors (Lipinski definition) is 1. The van der Waals surface area contributed by atoms with Gasteiger partial charge in [0, 0.05) is 13.1 Å². The standard InChI is InChI=1S/C10H15NO2/c1-9-4-6-11(7-5-9)10(13)3-2-8-12/h9,12H,4-8H2,1H3. The summed E-state index contributed by atoms with van der Waals surface area (Å²) in [5.74, 6) is 5.34. The first kappa shape index (κ1) is 10.1. The van der Waals surface area contributed by atoms with Gasteiger partial charge < -0.3 is 10.0 Å². The van der Waals surface area contributed by atoms with Crippen LogP contribution in [-0.2, 0) is 4.79 Å². The number of nitrogens with zero attached hydrogens (tertiary/aromatic N) is 1. The van der Waals surface area contributed by atoms with E-state index in [-0.39, 0.29) is 12.5 Å². The Balaban J connectivity index is 2.40. The average molecular weight is 181 g/mol. The van der Waals surface area contributed by atoms with Crippen LogP contribution in [0.15, 0.2) is 0 Å². The van der Waals surface area contributed by atoms with Gasteiger partial charge >= 0.3 is 0 Å². The molecule has 1 N–H and O–H groups in total. The van der Waals surface area contributed by atoms with Gasteiger partial charge in [-0.1, -0.05) is 12.8 Å². The van der Waals surface area contributed by atoms with Gasteiger partial charge in [-0.2, -0.15) is 0 Å². The molecule has 0 aromatic rings. The maximum atomic E-state index is 11.3. The lowest BCUT2D eigenvalue weighted by atomic mass is 9.99. The number of rotatable bonds is 0. The number of aliphatic hydroxyl groups is 1. The smallest absolute Gasteiger partial charge is 0.298 e. The molecular formula is C10H15NO2. The van der Waals surface area contributed by atoms with Gasteiger partial charge in [0.25, 0.3) is 5.91 Å². The third kappa shape index (κ3) is 3.08. The highest BCUT2D eigenvalue weighted by molar-refractivity contribution is 5.93. The van der Waals surface area contributed by atoms with Crippen molar-refractivity contribution in [3.63, 3.8) is 0 Å². The molecule has 1 aliphatic heterocycles. The molecule has 0 atom stereocenters. The third-order valence-corrected chi connectivity index (χ3v) is 2.35. The van der Waals surface area contributed by atoms with Crippen molar-refractivity contribution < 1.29 is 9.90 Å². The Kier molecular flexibility index (Phi) is 3.78. The molecule has 13 heavy (non-hydrogen) atoms. The topological polar surface area (TPSA) is 40.5 Å². The van der Waals surface area contributed by atoms with Crippen LogP contribution < -0.4 is 0 Å². The summed E-state index contributed by atoms with van der Waals surface area (Å²) < 4.78 is 0. The second-order valence-corrected chi connectivity index (χ2v) is 3.43. The lowest BCUT2D eigenvalue weighted by Crippen LogP contribution is -2.37. The van der Waals surface area contributed by atoms with E-state index in [1.165, 1.54) is 0 Å². The fourth-order valence-electron chi connectivity index (χ4n) is 1.41. The number of hydrogen-bond acceptors (Lipinski definition) is 2. The van der Waals surface area contributed by atoms with Gasteiger partial charge in [-0.3, -0.25) is 4.79 Å². The predicted octanol–water partition coefficient (Wildman–Crippen LogP) is 0.241. The quantitative estimate of drug-likeness (QED) is 0.544. The monoisotopic (exact) mass is 181 g/mol. The van der Waals surface area contributed by atoms with Gasteiger partial charge in [0.05, 0.1) is 0 Å². The van der Waals surface area contributed by atoms with Gasteiger partial charge in [-0.15, -0.1) is 0 Å². The van der Waals surface area contributed by atoms with E-state index in [1.807, 2.05) is 0 Å². The minimum Gasteiger partial charge on any atom is -0.384 e. The first-order chi connectivity index (χ1) is 6.24. The molecule has 0 aliphatic carbocycles. The second kappa shape index (κ2) is 4.88. The van der Waals surface area contributed by atoms with E-state index in [0.29, 0.717) is 0 Å². The minimum atomic E-state index is -0.240. The van der Waals surface area contributed by atoms with Crippen LogP contribution in [0.25, 0.3) is 0 Å². The maximum absolute atomic E-state index is 11.3. The molecular weight excluding hydrogens is 166 g/mol. The fourth-order valence-corrected chi connectivity index (χ4v) is 1.41. The predicted molar refractivity (Wildman–Crippen MR) is 49.8 cm³/mol. The van der Waals surface area contributed by atoms with E-state index in [1.54, 1.807) is 4.90 Å². The van der Waals surface area contributed by atoms with Crippen molar-refractivity contribution in [2.24, 2.45) is 5.92 Å². The zero-order valence-electron chi connectivity index (χ0n) is 7.92. The Morgan fingerprint density at radius 1 is 1.54 bits per heavy atom. The summed E-state index contributed by atoms with van der Waals surface area (Å²) in [6.45, 7) is 3.57. The SMILES string of the molecule is CC1CCN(C(=O)C#CCO)CC1. The zero-order chi connectivity index (χ0) is 9.68. The molecule has 0 spiro atoms. The maximum Gasteiger partial charge on any atom is 0.298 e.